The van der Waals surface area contributed by atoms with Crippen molar-refractivity contribution in [2.24, 2.45) is 0 Å². The highest BCUT2D eigenvalue weighted by molar-refractivity contribution is 9.10. The third-order valence-corrected chi connectivity index (χ3v) is 4.86. The lowest BCUT2D eigenvalue weighted by molar-refractivity contribution is -0.142. The molecule has 2 aromatic carbocycles. The maximum Gasteiger partial charge on any atom is 0.328 e. The van der Waals surface area contributed by atoms with Gasteiger partial charge in [0.15, 0.2) is 0 Å². The van der Waals surface area contributed by atoms with Gasteiger partial charge in [-0.15, -0.1) is 0 Å². The normalized spacial score (nSPS) is 12.0. The Bertz CT molecular complexity index is 1020. The Kier molecular flexibility index (Phi) is 5.60. The number of halogens is 2. The number of amides is 1. The van der Waals surface area contributed by atoms with Crippen molar-refractivity contribution in [3.8, 4) is 0 Å². The van der Waals surface area contributed by atoms with Gasteiger partial charge in [0, 0.05) is 33.6 Å². The van der Waals surface area contributed by atoms with Crippen LogP contribution in [0.15, 0.2) is 47.1 Å². The van der Waals surface area contributed by atoms with Gasteiger partial charge in [-0.2, -0.15) is 0 Å². The first-order chi connectivity index (χ1) is 12.9. The molecule has 140 valence electrons. The minimum absolute atomic E-state index is 0.259. The van der Waals surface area contributed by atoms with Crippen LogP contribution >= 0.6 is 15.9 Å². The summed E-state index contributed by atoms with van der Waals surface area (Å²) >= 11 is 3.44. The van der Waals surface area contributed by atoms with Crippen molar-refractivity contribution >= 4 is 38.7 Å². The molecule has 1 aromatic heterocycles. The summed E-state index contributed by atoms with van der Waals surface area (Å²) < 4.78 is 19.2. The van der Waals surface area contributed by atoms with Crippen LogP contribution in [-0.2, 0) is 16.0 Å². The van der Waals surface area contributed by atoms with E-state index in [1.165, 1.54) is 25.3 Å². The second-order valence-electron chi connectivity index (χ2n) is 6.22. The van der Waals surface area contributed by atoms with Crippen LogP contribution in [0, 0.1) is 12.7 Å². The predicted molar refractivity (Wildman–Crippen MR) is 104 cm³/mol. The van der Waals surface area contributed by atoms with Crippen LogP contribution < -0.4 is 5.32 Å². The first kappa shape index (κ1) is 19.1. The van der Waals surface area contributed by atoms with E-state index in [-0.39, 0.29) is 17.8 Å². The first-order valence-electron chi connectivity index (χ1n) is 8.29. The topological polar surface area (TPSA) is 71.2 Å². The third-order valence-electron chi connectivity index (χ3n) is 4.36. The fourth-order valence-electron chi connectivity index (χ4n) is 2.90. The number of benzene rings is 2. The zero-order valence-electron chi connectivity index (χ0n) is 14.8. The fraction of sp³-hybridized carbons (Fsp3) is 0.200. The molecule has 2 N–H and O–H groups in total. The van der Waals surface area contributed by atoms with Gasteiger partial charge in [0.2, 0.25) is 0 Å². The Hall–Kier alpha value is -2.67. The predicted octanol–water partition coefficient (Wildman–Crippen LogP) is 3.89. The number of aromatic amines is 1. The summed E-state index contributed by atoms with van der Waals surface area (Å²) in [5.74, 6) is -1.40. The van der Waals surface area contributed by atoms with E-state index >= 15 is 0 Å². The molecule has 0 aliphatic heterocycles. The van der Waals surface area contributed by atoms with Crippen molar-refractivity contribution in [2.45, 2.75) is 19.4 Å². The Balaban J connectivity index is 1.85. The molecule has 0 saturated carbocycles. The fourth-order valence-corrected chi connectivity index (χ4v) is 3.26. The van der Waals surface area contributed by atoms with E-state index in [2.05, 4.69) is 26.2 Å². The van der Waals surface area contributed by atoms with Crippen molar-refractivity contribution in [1.29, 1.82) is 0 Å². The number of aryl methyl sites for hydroxylation is 1. The van der Waals surface area contributed by atoms with Crippen molar-refractivity contribution < 1.29 is 18.7 Å². The first-order valence-corrected chi connectivity index (χ1v) is 9.08. The standard InChI is InChI=1S/C20H18BrFN2O3/c1-11-7-12(3-5-16(11)22)19(25)24-18(20(26)27-2)8-13-10-23-17-6-4-14(21)9-15(13)17/h3-7,9-10,18,23H,8H2,1-2H3,(H,24,25)/t18-/m1/s1. The summed E-state index contributed by atoms with van der Waals surface area (Å²) in [6, 6.07) is 8.98. The Labute approximate surface area is 164 Å². The van der Waals surface area contributed by atoms with E-state index < -0.39 is 17.9 Å². The highest BCUT2D eigenvalue weighted by Crippen LogP contribution is 2.24. The van der Waals surface area contributed by atoms with Crippen LogP contribution in [0.2, 0.25) is 0 Å². The molecule has 0 aliphatic rings. The van der Waals surface area contributed by atoms with E-state index in [4.69, 9.17) is 4.74 Å². The van der Waals surface area contributed by atoms with Gasteiger partial charge in [-0.25, -0.2) is 9.18 Å². The molecule has 0 fully saturated rings. The average Bonchev–Trinajstić information content (AvgIpc) is 3.04. The minimum atomic E-state index is -0.870. The number of hydrogen-bond donors (Lipinski definition) is 2. The number of rotatable bonds is 5. The van der Waals surface area contributed by atoms with Gasteiger partial charge in [-0.3, -0.25) is 4.79 Å². The summed E-state index contributed by atoms with van der Waals surface area (Å²) in [6.07, 6.45) is 2.07. The van der Waals surface area contributed by atoms with E-state index in [0.29, 0.717) is 5.56 Å². The molecule has 0 saturated heterocycles. The van der Waals surface area contributed by atoms with Gasteiger partial charge < -0.3 is 15.0 Å². The van der Waals surface area contributed by atoms with Crippen molar-refractivity contribution in [1.82, 2.24) is 10.3 Å². The molecule has 0 bridgehead atoms. The maximum atomic E-state index is 13.4. The van der Waals surface area contributed by atoms with Gasteiger partial charge in [-0.05, 0) is 54.4 Å². The lowest BCUT2D eigenvalue weighted by atomic mass is 10.0. The van der Waals surface area contributed by atoms with E-state index in [9.17, 15) is 14.0 Å². The van der Waals surface area contributed by atoms with Crippen molar-refractivity contribution in [3.05, 3.63) is 69.6 Å². The van der Waals surface area contributed by atoms with Crippen LogP contribution in [0.4, 0.5) is 4.39 Å². The molecule has 1 amide bonds. The number of H-pyrrole nitrogens is 1. The van der Waals surface area contributed by atoms with Gasteiger partial charge in [0.05, 0.1) is 7.11 Å². The van der Waals surface area contributed by atoms with Crippen LogP contribution in [0.25, 0.3) is 10.9 Å². The molecular weight excluding hydrogens is 415 g/mol. The monoisotopic (exact) mass is 432 g/mol. The number of aromatic nitrogens is 1. The lowest BCUT2D eigenvalue weighted by Crippen LogP contribution is -2.43. The molecule has 5 nitrogen and oxygen atoms in total. The van der Waals surface area contributed by atoms with Crippen LogP contribution in [-0.4, -0.2) is 30.0 Å². The van der Waals surface area contributed by atoms with E-state index in [1.807, 2.05) is 18.2 Å². The van der Waals surface area contributed by atoms with E-state index in [0.717, 1.165) is 20.9 Å². The number of fused-ring (bicyclic) bond motifs is 1. The largest absolute Gasteiger partial charge is 0.467 e. The van der Waals surface area contributed by atoms with Gasteiger partial charge in [0.1, 0.15) is 11.9 Å². The lowest BCUT2D eigenvalue weighted by Gasteiger charge is -2.16. The number of hydrogen-bond acceptors (Lipinski definition) is 3. The Morgan fingerprint density at radius 1 is 1.26 bits per heavy atom. The molecule has 27 heavy (non-hydrogen) atoms. The van der Waals surface area contributed by atoms with E-state index in [1.54, 1.807) is 13.1 Å². The molecule has 0 radical (unpaired) electrons. The highest BCUT2D eigenvalue weighted by atomic mass is 79.9. The second-order valence-corrected chi connectivity index (χ2v) is 7.14. The van der Waals surface area contributed by atoms with Gasteiger partial charge >= 0.3 is 5.97 Å². The zero-order chi connectivity index (χ0) is 19.6. The number of carbonyl (C=O) groups excluding carboxylic acids is 2. The second kappa shape index (κ2) is 7.92. The zero-order valence-corrected chi connectivity index (χ0v) is 16.4. The highest BCUT2D eigenvalue weighted by Gasteiger charge is 2.24. The number of methoxy groups -OCH3 is 1. The smallest absolute Gasteiger partial charge is 0.328 e. The van der Waals surface area contributed by atoms with Crippen molar-refractivity contribution in [2.75, 3.05) is 7.11 Å². The van der Waals surface area contributed by atoms with Crippen LogP contribution in [0.1, 0.15) is 21.5 Å². The minimum Gasteiger partial charge on any atom is -0.467 e. The van der Waals surface area contributed by atoms with Gasteiger partial charge in [-0.1, -0.05) is 15.9 Å². The van der Waals surface area contributed by atoms with Crippen LogP contribution in [0.3, 0.4) is 0 Å². The molecule has 0 unspecified atom stereocenters. The maximum absolute atomic E-state index is 13.4. The summed E-state index contributed by atoms with van der Waals surface area (Å²) in [5, 5.41) is 3.64. The molecular formula is C20H18BrFN2O3. The number of carbonyl (C=O) groups is 2. The number of esters is 1. The van der Waals surface area contributed by atoms with Crippen LogP contribution in [0.5, 0.6) is 0 Å². The van der Waals surface area contributed by atoms with Gasteiger partial charge in [0.25, 0.3) is 5.91 Å². The quantitative estimate of drug-likeness (QED) is 0.600. The Morgan fingerprint density at radius 3 is 2.74 bits per heavy atom. The third kappa shape index (κ3) is 4.19. The molecule has 3 rings (SSSR count). The SMILES string of the molecule is COC(=O)[C@@H](Cc1c[nH]c2ccc(Br)cc12)NC(=O)c1ccc(F)c(C)c1. The summed E-state index contributed by atoms with van der Waals surface area (Å²) in [7, 11) is 1.27. The summed E-state index contributed by atoms with van der Waals surface area (Å²) in [5.41, 5.74) is 2.44. The summed E-state index contributed by atoms with van der Waals surface area (Å²) in [4.78, 5) is 27.9. The number of nitrogens with one attached hydrogen (secondary N) is 2. The average molecular weight is 433 g/mol. The summed E-state index contributed by atoms with van der Waals surface area (Å²) in [6.45, 7) is 1.58. The Morgan fingerprint density at radius 2 is 2.04 bits per heavy atom. The molecule has 3 aromatic rings. The van der Waals surface area contributed by atoms with Crippen molar-refractivity contribution in [3.63, 3.8) is 0 Å². The molecule has 1 heterocycles. The molecule has 0 spiro atoms. The molecule has 1 atom stereocenters. The molecule has 7 heteroatoms. The molecule has 0 aliphatic carbocycles. The number of ether oxygens (including phenoxy) is 1.